The molecule has 3 rings (SSSR count). The molecule has 150 valence electrons. The lowest BCUT2D eigenvalue weighted by Gasteiger charge is -2.16. The number of guanidine groups is 1. The third kappa shape index (κ3) is 6.26. The van der Waals surface area contributed by atoms with Crippen LogP contribution >= 0.6 is 11.6 Å². The number of benzene rings is 3. The first-order valence-corrected chi connectivity index (χ1v) is 10.2. The van der Waals surface area contributed by atoms with Gasteiger partial charge in [-0.15, -0.1) is 0 Å². The Bertz CT molecular complexity index is 909. The Hall–Kier alpha value is -2.98. The van der Waals surface area contributed by atoms with Crippen molar-refractivity contribution in [2.45, 2.75) is 25.8 Å². The van der Waals surface area contributed by atoms with Crippen molar-refractivity contribution in [1.82, 2.24) is 0 Å². The highest BCUT2D eigenvalue weighted by molar-refractivity contribution is 6.30. The monoisotopic (exact) mass is 407 g/mol. The van der Waals surface area contributed by atoms with Crippen molar-refractivity contribution in [3.05, 3.63) is 95.0 Å². The highest BCUT2D eigenvalue weighted by atomic mass is 35.5. The number of rotatable bonds is 8. The van der Waals surface area contributed by atoms with E-state index in [1.807, 2.05) is 78.9 Å². The van der Waals surface area contributed by atoms with Crippen LogP contribution in [0, 0.1) is 0 Å². The zero-order chi connectivity index (χ0) is 20.5. The van der Waals surface area contributed by atoms with E-state index in [2.05, 4.69) is 12.2 Å². The lowest BCUT2D eigenvalue weighted by Crippen LogP contribution is -2.23. The summed E-state index contributed by atoms with van der Waals surface area (Å²) < 4.78 is 5.70. The molecule has 5 heteroatoms. The lowest BCUT2D eigenvalue weighted by atomic mass is 9.99. The number of unbranched alkanes of at least 4 members (excludes halogenated alkanes) is 1. The molecular formula is C24H26ClN3O. The Kier molecular flexibility index (Phi) is 7.54. The summed E-state index contributed by atoms with van der Waals surface area (Å²) in [5, 5.41) is 3.86. The van der Waals surface area contributed by atoms with E-state index < -0.39 is 0 Å². The summed E-state index contributed by atoms with van der Waals surface area (Å²) in [4.78, 5) is 4.73. The fraction of sp³-hybridized carbons (Fsp3) is 0.208. The zero-order valence-electron chi connectivity index (χ0n) is 16.5. The number of nitrogens with zero attached hydrogens (tertiary/aromatic N) is 1. The molecule has 0 saturated carbocycles. The zero-order valence-corrected chi connectivity index (χ0v) is 17.3. The number of aliphatic imine (C=N–C) groups is 1. The average molecular weight is 408 g/mol. The maximum Gasteiger partial charge on any atom is 0.194 e. The smallest absolute Gasteiger partial charge is 0.194 e. The maximum atomic E-state index is 6.23. The summed E-state index contributed by atoms with van der Waals surface area (Å²) in [6.07, 6.45) is 2.16. The van der Waals surface area contributed by atoms with E-state index in [9.17, 15) is 0 Å². The molecule has 0 amide bonds. The van der Waals surface area contributed by atoms with Crippen LogP contribution in [-0.2, 0) is 0 Å². The fourth-order valence-corrected chi connectivity index (χ4v) is 3.04. The van der Waals surface area contributed by atoms with Gasteiger partial charge >= 0.3 is 0 Å². The Morgan fingerprint density at radius 2 is 1.62 bits per heavy atom. The second-order valence-electron chi connectivity index (χ2n) is 6.73. The Morgan fingerprint density at radius 3 is 2.28 bits per heavy atom. The number of ether oxygens (including phenoxy) is 1. The summed E-state index contributed by atoms with van der Waals surface area (Å²) in [6.45, 7) is 2.87. The van der Waals surface area contributed by atoms with Crippen LogP contribution in [0.15, 0.2) is 83.9 Å². The molecule has 1 unspecified atom stereocenters. The van der Waals surface area contributed by atoms with Crippen LogP contribution in [0.5, 0.6) is 5.75 Å². The second-order valence-corrected chi connectivity index (χ2v) is 7.17. The van der Waals surface area contributed by atoms with Gasteiger partial charge in [0.1, 0.15) is 11.8 Å². The van der Waals surface area contributed by atoms with Crippen LogP contribution in [0.3, 0.4) is 0 Å². The third-order valence-corrected chi connectivity index (χ3v) is 4.71. The quantitative estimate of drug-likeness (QED) is 0.272. The minimum absolute atomic E-state index is 0.224. The molecule has 0 radical (unpaired) electrons. The second kappa shape index (κ2) is 10.5. The van der Waals surface area contributed by atoms with Crippen molar-refractivity contribution in [2.24, 2.45) is 10.7 Å². The van der Waals surface area contributed by atoms with Crippen molar-refractivity contribution in [2.75, 3.05) is 11.9 Å². The van der Waals surface area contributed by atoms with E-state index in [0.717, 1.165) is 42.0 Å². The van der Waals surface area contributed by atoms with Gasteiger partial charge in [-0.05, 0) is 53.9 Å². The standard InChI is InChI=1S/C24H26ClN3O/c1-2-3-17-29-22-15-13-21(14-16-22)27-24(26)28-23(18-7-5-4-6-8-18)19-9-11-20(25)12-10-19/h4-16,23H,2-3,17H2,1H3,(H3,26,27,28). The first-order chi connectivity index (χ1) is 14.2. The molecule has 3 aromatic carbocycles. The van der Waals surface area contributed by atoms with E-state index in [1.165, 1.54) is 0 Å². The van der Waals surface area contributed by atoms with Gasteiger partial charge in [0.25, 0.3) is 0 Å². The molecule has 0 saturated heterocycles. The number of nitrogens with two attached hydrogens (primary N) is 1. The van der Waals surface area contributed by atoms with Crippen molar-refractivity contribution >= 4 is 23.2 Å². The number of nitrogens with one attached hydrogen (secondary N) is 1. The summed E-state index contributed by atoms with van der Waals surface area (Å²) in [6, 6.07) is 25.2. The molecule has 0 fully saturated rings. The molecule has 0 aliphatic rings. The Balaban J connectivity index is 1.76. The van der Waals surface area contributed by atoms with Crippen molar-refractivity contribution in [3.8, 4) is 5.75 Å². The van der Waals surface area contributed by atoms with Gasteiger partial charge in [0, 0.05) is 10.7 Å². The summed E-state index contributed by atoms with van der Waals surface area (Å²) in [7, 11) is 0. The molecule has 3 N–H and O–H groups in total. The average Bonchev–Trinajstić information content (AvgIpc) is 2.75. The number of hydrogen-bond acceptors (Lipinski definition) is 2. The van der Waals surface area contributed by atoms with Gasteiger partial charge in [-0.25, -0.2) is 4.99 Å². The van der Waals surface area contributed by atoms with Gasteiger partial charge in [0.05, 0.1) is 6.61 Å². The van der Waals surface area contributed by atoms with Gasteiger partial charge < -0.3 is 15.8 Å². The van der Waals surface area contributed by atoms with Crippen LogP contribution in [0.2, 0.25) is 5.02 Å². The molecular weight excluding hydrogens is 382 g/mol. The van der Waals surface area contributed by atoms with E-state index in [-0.39, 0.29) is 6.04 Å². The van der Waals surface area contributed by atoms with Gasteiger partial charge in [0.2, 0.25) is 0 Å². The highest BCUT2D eigenvalue weighted by Crippen LogP contribution is 2.27. The predicted molar refractivity (Wildman–Crippen MR) is 122 cm³/mol. The molecule has 0 aliphatic carbocycles. The number of hydrogen-bond donors (Lipinski definition) is 2. The molecule has 0 aromatic heterocycles. The van der Waals surface area contributed by atoms with Crippen LogP contribution in [0.25, 0.3) is 0 Å². The highest BCUT2D eigenvalue weighted by Gasteiger charge is 2.13. The van der Waals surface area contributed by atoms with Crippen molar-refractivity contribution in [1.29, 1.82) is 0 Å². The lowest BCUT2D eigenvalue weighted by molar-refractivity contribution is 0.309. The normalized spacial score (nSPS) is 12.4. The molecule has 0 spiro atoms. The van der Waals surface area contributed by atoms with E-state index in [1.54, 1.807) is 0 Å². The van der Waals surface area contributed by atoms with Crippen LogP contribution < -0.4 is 15.8 Å². The molecule has 4 nitrogen and oxygen atoms in total. The first kappa shape index (κ1) is 20.7. The van der Waals surface area contributed by atoms with Crippen LogP contribution in [0.4, 0.5) is 5.69 Å². The molecule has 0 aliphatic heterocycles. The van der Waals surface area contributed by atoms with Crippen LogP contribution in [0.1, 0.15) is 36.9 Å². The molecule has 3 aromatic rings. The molecule has 0 heterocycles. The molecule has 1 atom stereocenters. The van der Waals surface area contributed by atoms with Gasteiger partial charge in [-0.1, -0.05) is 67.4 Å². The van der Waals surface area contributed by atoms with Gasteiger partial charge in [0.15, 0.2) is 5.96 Å². The number of halogens is 1. The summed E-state index contributed by atoms with van der Waals surface area (Å²) >= 11 is 6.05. The van der Waals surface area contributed by atoms with Crippen LogP contribution in [-0.4, -0.2) is 12.6 Å². The van der Waals surface area contributed by atoms with Gasteiger partial charge in [-0.3, -0.25) is 0 Å². The predicted octanol–water partition coefficient (Wildman–Crippen LogP) is 6.04. The number of anilines is 1. The molecule has 0 bridgehead atoms. The SMILES string of the molecule is CCCCOc1ccc(NC(N)=NC(c2ccccc2)c2ccc(Cl)cc2)cc1. The van der Waals surface area contributed by atoms with E-state index in [0.29, 0.717) is 11.0 Å². The summed E-state index contributed by atoms with van der Waals surface area (Å²) in [5.74, 6) is 1.19. The minimum atomic E-state index is -0.224. The Labute approximate surface area is 177 Å². The topological polar surface area (TPSA) is 59.6 Å². The first-order valence-electron chi connectivity index (χ1n) is 9.79. The van der Waals surface area contributed by atoms with E-state index in [4.69, 9.17) is 27.1 Å². The molecule has 29 heavy (non-hydrogen) atoms. The van der Waals surface area contributed by atoms with Crippen molar-refractivity contribution < 1.29 is 4.74 Å². The minimum Gasteiger partial charge on any atom is -0.494 e. The van der Waals surface area contributed by atoms with Gasteiger partial charge in [-0.2, -0.15) is 0 Å². The largest absolute Gasteiger partial charge is 0.494 e. The van der Waals surface area contributed by atoms with Crippen molar-refractivity contribution in [3.63, 3.8) is 0 Å². The maximum absolute atomic E-state index is 6.23. The van der Waals surface area contributed by atoms with E-state index >= 15 is 0 Å². The Morgan fingerprint density at radius 1 is 0.966 bits per heavy atom. The fourth-order valence-electron chi connectivity index (χ4n) is 2.91. The third-order valence-electron chi connectivity index (χ3n) is 4.46. The summed E-state index contributed by atoms with van der Waals surface area (Å²) in [5.41, 5.74) is 9.16.